The molecule has 0 saturated heterocycles. The van der Waals surface area contributed by atoms with E-state index in [9.17, 15) is 18.4 Å². The Morgan fingerprint density at radius 3 is 2.67 bits per heavy atom. The van der Waals surface area contributed by atoms with Crippen molar-refractivity contribution in [3.8, 4) is 5.75 Å². The Bertz CT molecular complexity index is 546. The molecule has 1 aromatic rings. The fraction of sp³-hybridized carbons (Fsp3) is 0.429. The van der Waals surface area contributed by atoms with Crippen molar-refractivity contribution in [2.24, 2.45) is 5.92 Å². The summed E-state index contributed by atoms with van der Waals surface area (Å²) in [6, 6.07) is 1.74. The number of hydrogen-bond acceptors (Lipinski definition) is 3. The van der Waals surface area contributed by atoms with Gasteiger partial charge in [-0.2, -0.15) is 0 Å². The molecule has 21 heavy (non-hydrogen) atoms. The van der Waals surface area contributed by atoms with Crippen LogP contribution in [0.3, 0.4) is 0 Å². The molecule has 1 unspecified atom stereocenters. The van der Waals surface area contributed by atoms with E-state index < -0.39 is 36.2 Å². The van der Waals surface area contributed by atoms with Crippen LogP contribution in [0.4, 0.5) is 8.78 Å². The SMILES string of the molecule is O=C(COc1ccc(F)cc1F)NC(CC1CC1)C(=O)O. The maximum atomic E-state index is 13.3. The second-order valence-corrected chi connectivity index (χ2v) is 5.00. The summed E-state index contributed by atoms with van der Waals surface area (Å²) in [7, 11) is 0. The van der Waals surface area contributed by atoms with Gasteiger partial charge in [0.25, 0.3) is 5.91 Å². The first-order valence-corrected chi connectivity index (χ1v) is 6.55. The molecule has 1 aliphatic rings. The van der Waals surface area contributed by atoms with Crippen LogP contribution in [0, 0.1) is 17.6 Å². The number of benzene rings is 1. The first-order valence-electron chi connectivity index (χ1n) is 6.55. The molecule has 0 aromatic heterocycles. The Morgan fingerprint density at radius 2 is 2.10 bits per heavy atom. The highest BCUT2D eigenvalue weighted by Crippen LogP contribution is 2.33. The number of carbonyl (C=O) groups excluding carboxylic acids is 1. The molecule has 7 heteroatoms. The molecule has 1 aliphatic carbocycles. The number of carboxylic acid groups (broad SMARTS) is 1. The maximum Gasteiger partial charge on any atom is 0.326 e. The van der Waals surface area contributed by atoms with Crippen LogP contribution < -0.4 is 10.1 Å². The first-order chi connectivity index (χ1) is 9.95. The summed E-state index contributed by atoms with van der Waals surface area (Å²) in [5, 5.41) is 11.3. The van der Waals surface area contributed by atoms with Gasteiger partial charge in [0.15, 0.2) is 18.2 Å². The van der Waals surface area contributed by atoms with Crippen LogP contribution >= 0.6 is 0 Å². The van der Waals surface area contributed by atoms with E-state index in [4.69, 9.17) is 9.84 Å². The van der Waals surface area contributed by atoms with Crippen LogP contribution in [-0.2, 0) is 9.59 Å². The van der Waals surface area contributed by atoms with Crippen molar-refractivity contribution in [1.29, 1.82) is 0 Å². The molecule has 2 rings (SSSR count). The lowest BCUT2D eigenvalue weighted by Crippen LogP contribution is -2.43. The van der Waals surface area contributed by atoms with Gasteiger partial charge in [0, 0.05) is 6.07 Å². The predicted octanol–water partition coefficient (Wildman–Crippen LogP) is 1.71. The summed E-state index contributed by atoms with van der Waals surface area (Å²) >= 11 is 0. The molecular formula is C14H15F2NO4. The zero-order chi connectivity index (χ0) is 15.4. The van der Waals surface area contributed by atoms with Crippen molar-refractivity contribution in [2.45, 2.75) is 25.3 Å². The number of carboxylic acids is 1. The Hall–Kier alpha value is -2.18. The quantitative estimate of drug-likeness (QED) is 0.803. The number of amides is 1. The fourth-order valence-electron chi connectivity index (χ4n) is 1.88. The van der Waals surface area contributed by atoms with Crippen molar-refractivity contribution in [2.75, 3.05) is 6.61 Å². The molecule has 0 aliphatic heterocycles. The zero-order valence-corrected chi connectivity index (χ0v) is 11.1. The highest BCUT2D eigenvalue weighted by Gasteiger charge is 2.30. The van der Waals surface area contributed by atoms with Gasteiger partial charge in [0.05, 0.1) is 0 Å². The van der Waals surface area contributed by atoms with Crippen molar-refractivity contribution < 1.29 is 28.2 Å². The third kappa shape index (κ3) is 4.70. The summed E-state index contributed by atoms with van der Waals surface area (Å²) in [4.78, 5) is 22.6. The molecule has 114 valence electrons. The lowest BCUT2D eigenvalue weighted by atomic mass is 10.1. The van der Waals surface area contributed by atoms with Crippen LogP contribution in [0.2, 0.25) is 0 Å². The number of aliphatic carboxylic acids is 1. The van der Waals surface area contributed by atoms with Crippen molar-refractivity contribution in [1.82, 2.24) is 5.32 Å². The Morgan fingerprint density at radius 1 is 1.38 bits per heavy atom. The van der Waals surface area contributed by atoms with E-state index >= 15 is 0 Å². The second kappa shape index (κ2) is 6.51. The van der Waals surface area contributed by atoms with Gasteiger partial charge in [-0.05, 0) is 24.5 Å². The average molecular weight is 299 g/mol. The average Bonchev–Trinajstić information content (AvgIpc) is 3.21. The molecule has 1 fully saturated rings. The van der Waals surface area contributed by atoms with E-state index in [0.717, 1.165) is 25.0 Å². The summed E-state index contributed by atoms with van der Waals surface area (Å²) < 4.78 is 30.9. The Labute approximate surface area is 119 Å². The number of carbonyl (C=O) groups is 2. The minimum absolute atomic E-state index is 0.263. The van der Waals surface area contributed by atoms with Gasteiger partial charge in [-0.1, -0.05) is 12.8 Å². The van der Waals surface area contributed by atoms with E-state index in [1.807, 2.05) is 0 Å². The minimum Gasteiger partial charge on any atom is -0.481 e. The van der Waals surface area contributed by atoms with Gasteiger partial charge in [-0.25, -0.2) is 13.6 Å². The van der Waals surface area contributed by atoms with E-state index in [-0.39, 0.29) is 5.75 Å². The summed E-state index contributed by atoms with van der Waals surface area (Å²) in [6.07, 6.45) is 2.32. The van der Waals surface area contributed by atoms with Crippen LogP contribution in [0.25, 0.3) is 0 Å². The van der Waals surface area contributed by atoms with E-state index in [1.165, 1.54) is 0 Å². The number of halogens is 2. The topological polar surface area (TPSA) is 75.6 Å². The largest absolute Gasteiger partial charge is 0.481 e. The summed E-state index contributed by atoms with van der Waals surface area (Å²) in [5.74, 6) is -3.37. The van der Waals surface area contributed by atoms with Gasteiger partial charge in [0.1, 0.15) is 11.9 Å². The summed E-state index contributed by atoms with van der Waals surface area (Å²) in [5.41, 5.74) is 0. The number of nitrogens with one attached hydrogen (secondary N) is 1. The maximum absolute atomic E-state index is 13.3. The Balaban J connectivity index is 1.84. The number of rotatable bonds is 7. The molecule has 1 amide bonds. The standard InChI is InChI=1S/C14H15F2NO4/c15-9-3-4-12(10(16)6-9)21-7-13(18)17-11(14(19)20)5-8-1-2-8/h3-4,6,8,11H,1-2,5,7H2,(H,17,18)(H,19,20). The smallest absolute Gasteiger partial charge is 0.326 e. The molecule has 0 bridgehead atoms. The van der Waals surface area contributed by atoms with Crippen LogP contribution in [0.5, 0.6) is 5.75 Å². The second-order valence-electron chi connectivity index (χ2n) is 5.00. The van der Waals surface area contributed by atoms with Crippen LogP contribution in [-0.4, -0.2) is 29.6 Å². The molecule has 1 atom stereocenters. The molecule has 2 N–H and O–H groups in total. The van der Waals surface area contributed by atoms with Gasteiger partial charge >= 0.3 is 5.97 Å². The minimum atomic E-state index is -1.11. The van der Waals surface area contributed by atoms with E-state index in [2.05, 4.69) is 5.32 Å². The molecule has 0 spiro atoms. The van der Waals surface area contributed by atoms with E-state index in [1.54, 1.807) is 0 Å². The third-order valence-electron chi connectivity index (χ3n) is 3.15. The molecule has 1 aromatic carbocycles. The third-order valence-corrected chi connectivity index (χ3v) is 3.15. The van der Waals surface area contributed by atoms with Crippen LogP contribution in [0.15, 0.2) is 18.2 Å². The molecular weight excluding hydrogens is 284 g/mol. The van der Waals surface area contributed by atoms with Gasteiger partial charge in [-0.15, -0.1) is 0 Å². The number of ether oxygens (including phenoxy) is 1. The van der Waals surface area contributed by atoms with Crippen molar-refractivity contribution >= 4 is 11.9 Å². The fourth-order valence-corrected chi connectivity index (χ4v) is 1.88. The predicted molar refractivity (Wildman–Crippen MR) is 68.8 cm³/mol. The summed E-state index contributed by atoms with van der Waals surface area (Å²) in [6.45, 7) is -0.531. The molecule has 0 heterocycles. The van der Waals surface area contributed by atoms with Gasteiger partial charge in [-0.3, -0.25) is 4.79 Å². The highest BCUT2D eigenvalue weighted by atomic mass is 19.1. The molecule has 5 nitrogen and oxygen atoms in total. The first kappa shape index (κ1) is 15.2. The molecule has 1 saturated carbocycles. The Kier molecular flexibility index (Phi) is 4.72. The lowest BCUT2D eigenvalue weighted by Gasteiger charge is -2.14. The van der Waals surface area contributed by atoms with Gasteiger partial charge in [0.2, 0.25) is 0 Å². The van der Waals surface area contributed by atoms with Gasteiger partial charge < -0.3 is 15.2 Å². The highest BCUT2D eigenvalue weighted by molar-refractivity contribution is 5.84. The van der Waals surface area contributed by atoms with Crippen LogP contribution in [0.1, 0.15) is 19.3 Å². The zero-order valence-electron chi connectivity index (χ0n) is 11.1. The van der Waals surface area contributed by atoms with Crippen molar-refractivity contribution in [3.05, 3.63) is 29.8 Å². The number of hydrogen-bond donors (Lipinski definition) is 2. The monoisotopic (exact) mass is 299 g/mol. The lowest BCUT2D eigenvalue weighted by molar-refractivity contribution is -0.142. The van der Waals surface area contributed by atoms with Crippen molar-refractivity contribution in [3.63, 3.8) is 0 Å². The molecule has 0 radical (unpaired) electrons. The van der Waals surface area contributed by atoms with E-state index in [0.29, 0.717) is 18.4 Å². The normalized spacial score (nSPS) is 15.3.